The van der Waals surface area contributed by atoms with Crippen molar-refractivity contribution < 1.29 is 33.0 Å². The third-order valence-corrected chi connectivity index (χ3v) is 13.2. The van der Waals surface area contributed by atoms with E-state index in [2.05, 4.69) is 38.9 Å². The van der Waals surface area contributed by atoms with Gasteiger partial charge in [-0.05, 0) is 126 Å². The van der Waals surface area contributed by atoms with Gasteiger partial charge in [-0.15, -0.1) is 12.4 Å². The average molecular weight is 906 g/mol. The number of hydrogen-bond donors (Lipinski definition) is 3. The maximum absolute atomic E-state index is 12.9. The molecule has 2 saturated heterocycles. The second kappa shape index (κ2) is 27.4. The molecule has 0 radical (unpaired) electrons. The number of likely N-dealkylation sites (tertiary alicyclic amines) is 2. The number of benzene rings is 2. The number of piperidine rings is 2. The Morgan fingerprint density at radius 3 is 1.66 bits per heavy atom. The maximum Gasteiger partial charge on any atom is 0.335 e. The van der Waals surface area contributed by atoms with Crippen LogP contribution in [0.15, 0.2) is 82.5 Å². The predicted octanol–water partition coefficient (Wildman–Crippen LogP) is 9.09. The number of rotatable bonds is 15. The molecule has 2 aliphatic heterocycles. The highest BCUT2D eigenvalue weighted by molar-refractivity contribution is 5.94. The summed E-state index contributed by atoms with van der Waals surface area (Å²) >= 11 is 0. The predicted molar refractivity (Wildman–Crippen MR) is 253 cm³/mol. The molecular formula is C50H73ClN6O7. The molecule has 6 atom stereocenters. The number of carbonyl (C=O) groups excluding carboxylic acids is 1. The summed E-state index contributed by atoms with van der Waals surface area (Å²) in [4.78, 5) is 36.5. The monoisotopic (exact) mass is 905 g/mol. The van der Waals surface area contributed by atoms with Gasteiger partial charge in [0.25, 0.3) is 5.91 Å². The van der Waals surface area contributed by atoms with Crippen LogP contribution in [0.2, 0.25) is 0 Å². The molecule has 2 saturated carbocycles. The molecule has 4 fully saturated rings. The standard InChI is InChI=1S/C25H35N3O3.C15H30N2O.C10H7NO3.ClH/c1-2-30-17-19-6-5-13-28(15-19)16-22-7-3-4-8-23(22)27-25(29)21-11-9-20(10-12-21)24-14-26-18-31-24;1-2-18-12-13-6-5-9-17(10-13)11-14-7-3-4-8-15(14)16;12-10(13)8-3-1-7(2-4-8)9-5-11-6-14-9;/h9-12,14,18-19,22-23H,2-8,13,15-17H2,1H3,(H,27,29);13-15H,2-12,16H2,1H3;1-6H,(H,12,13);1H/t19?,22-,23+;13?,14-,15+;;/m00../s1. The zero-order valence-electron chi connectivity index (χ0n) is 38.1. The Hall–Kier alpha value is -4.11. The zero-order valence-corrected chi connectivity index (χ0v) is 38.9. The van der Waals surface area contributed by atoms with Crippen LogP contribution in [0.4, 0.5) is 0 Å². The number of halogens is 1. The molecule has 0 spiro atoms. The summed E-state index contributed by atoms with van der Waals surface area (Å²) in [5.74, 6) is 3.08. The lowest BCUT2D eigenvalue weighted by atomic mass is 9.83. The number of ether oxygens (including phenoxy) is 2. The molecular weight excluding hydrogens is 832 g/mol. The number of nitrogens with zero attached hydrogens (tertiary/aromatic N) is 4. The zero-order chi connectivity index (χ0) is 44.2. The average Bonchev–Trinajstić information content (AvgIpc) is 4.07. The van der Waals surface area contributed by atoms with Crippen molar-refractivity contribution in [2.45, 2.75) is 103 Å². The summed E-state index contributed by atoms with van der Waals surface area (Å²) in [6.45, 7) is 14.7. The first-order valence-electron chi connectivity index (χ1n) is 23.7. The summed E-state index contributed by atoms with van der Waals surface area (Å²) in [7, 11) is 0. The number of amides is 1. The van der Waals surface area contributed by atoms with Crippen LogP contribution in [0.3, 0.4) is 0 Å². The Morgan fingerprint density at radius 1 is 0.688 bits per heavy atom. The van der Waals surface area contributed by atoms with Gasteiger partial charge in [-0.2, -0.15) is 0 Å². The summed E-state index contributed by atoms with van der Waals surface area (Å²) < 4.78 is 21.6. The van der Waals surface area contributed by atoms with Crippen molar-refractivity contribution in [1.29, 1.82) is 0 Å². The smallest absolute Gasteiger partial charge is 0.335 e. The van der Waals surface area contributed by atoms with E-state index < -0.39 is 5.97 Å². The van der Waals surface area contributed by atoms with Gasteiger partial charge in [0.1, 0.15) is 0 Å². The van der Waals surface area contributed by atoms with Crippen molar-refractivity contribution in [3.63, 3.8) is 0 Å². The van der Waals surface area contributed by atoms with Gasteiger partial charge >= 0.3 is 5.97 Å². The third-order valence-electron chi connectivity index (χ3n) is 13.2. The molecule has 352 valence electrons. The molecule has 2 aromatic carbocycles. The second-order valence-electron chi connectivity index (χ2n) is 17.9. The van der Waals surface area contributed by atoms with Crippen molar-refractivity contribution in [1.82, 2.24) is 25.1 Å². The van der Waals surface area contributed by atoms with Gasteiger partial charge in [0.05, 0.1) is 31.2 Å². The van der Waals surface area contributed by atoms with Crippen LogP contribution in [0, 0.1) is 23.7 Å². The Bertz CT molecular complexity index is 1880. The fraction of sp³-hybridized carbons (Fsp3) is 0.600. The Balaban J connectivity index is 0.000000198. The minimum Gasteiger partial charge on any atom is -0.478 e. The SMILES string of the molecule is CCOCC1CCCN(C[C@@H]2CCCC[C@H]2N)C1.CCOCC1CCCN(C[C@@H]2CCCC[C@H]2NC(=O)c2ccc(-c3cnco3)cc2)C1.Cl.O=C(O)c1ccc(-c2cnco2)cc1. The first-order valence-corrected chi connectivity index (χ1v) is 23.7. The maximum atomic E-state index is 12.9. The minimum absolute atomic E-state index is 0. The van der Waals surface area contributed by atoms with Gasteiger partial charge in [0.2, 0.25) is 0 Å². The van der Waals surface area contributed by atoms with E-state index in [4.69, 9.17) is 29.1 Å². The number of oxazole rings is 2. The summed E-state index contributed by atoms with van der Waals surface area (Å²) in [6.07, 6.45) is 21.2. The number of aromatic nitrogens is 2. The molecule has 8 rings (SSSR count). The summed E-state index contributed by atoms with van der Waals surface area (Å²) in [5.41, 5.74) is 8.95. The van der Waals surface area contributed by atoms with Crippen LogP contribution >= 0.6 is 12.4 Å². The second-order valence-corrected chi connectivity index (χ2v) is 17.9. The van der Waals surface area contributed by atoms with Gasteiger partial charge in [-0.1, -0.05) is 49.9 Å². The van der Waals surface area contributed by atoms with E-state index in [0.717, 1.165) is 68.9 Å². The van der Waals surface area contributed by atoms with Crippen molar-refractivity contribution in [2.75, 3.05) is 65.7 Å². The Kier molecular flexibility index (Phi) is 21.8. The summed E-state index contributed by atoms with van der Waals surface area (Å²) in [6, 6.07) is 14.7. The van der Waals surface area contributed by atoms with Crippen LogP contribution in [-0.2, 0) is 9.47 Å². The van der Waals surface area contributed by atoms with Crippen molar-refractivity contribution >= 4 is 24.3 Å². The highest BCUT2D eigenvalue weighted by Crippen LogP contribution is 2.29. The quantitative estimate of drug-likeness (QED) is 0.104. The highest BCUT2D eigenvalue weighted by atomic mass is 35.5. The molecule has 14 heteroatoms. The molecule has 4 N–H and O–H groups in total. The van der Waals surface area contributed by atoms with Crippen LogP contribution in [0.5, 0.6) is 0 Å². The van der Waals surface area contributed by atoms with E-state index in [1.807, 2.05) is 24.3 Å². The van der Waals surface area contributed by atoms with E-state index in [9.17, 15) is 9.59 Å². The molecule has 2 aliphatic carbocycles. The first-order chi connectivity index (χ1) is 30.8. The van der Waals surface area contributed by atoms with Crippen LogP contribution in [-0.4, -0.2) is 115 Å². The van der Waals surface area contributed by atoms with E-state index >= 15 is 0 Å². The van der Waals surface area contributed by atoms with Gasteiger partial charge < -0.3 is 44.3 Å². The topological polar surface area (TPSA) is 169 Å². The number of carboxylic acids is 1. The fourth-order valence-corrected chi connectivity index (χ4v) is 9.75. The lowest BCUT2D eigenvalue weighted by Crippen LogP contribution is -2.48. The normalized spacial score (nSPS) is 23.9. The van der Waals surface area contributed by atoms with E-state index in [-0.39, 0.29) is 29.9 Å². The number of hydrogen-bond acceptors (Lipinski definition) is 11. The number of carbonyl (C=O) groups is 2. The molecule has 1 amide bonds. The molecule has 4 heterocycles. The number of aromatic carboxylic acids is 1. The van der Waals surface area contributed by atoms with Gasteiger partial charge in [-0.3, -0.25) is 4.79 Å². The summed E-state index contributed by atoms with van der Waals surface area (Å²) in [5, 5.41) is 12.0. The molecule has 0 bridgehead atoms. The number of nitrogens with one attached hydrogen (secondary N) is 1. The highest BCUT2D eigenvalue weighted by Gasteiger charge is 2.31. The Labute approximate surface area is 386 Å². The van der Waals surface area contributed by atoms with Gasteiger partial charge in [0.15, 0.2) is 24.3 Å². The first kappa shape index (κ1) is 50.9. The lowest BCUT2D eigenvalue weighted by molar-refractivity contribution is 0.0548. The largest absolute Gasteiger partial charge is 0.478 e. The molecule has 13 nitrogen and oxygen atoms in total. The lowest BCUT2D eigenvalue weighted by Gasteiger charge is -2.39. The van der Waals surface area contributed by atoms with Gasteiger partial charge in [-0.25, -0.2) is 14.8 Å². The van der Waals surface area contributed by atoms with Gasteiger partial charge in [0, 0.05) is 68.2 Å². The minimum atomic E-state index is -0.936. The fourth-order valence-electron chi connectivity index (χ4n) is 9.75. The van der Waals surface area contributed by atoms with E-state index in [1.54, 1.807) is 24.5 Å². The van der Waals surface area contributed by atoms with Crippen LogP contribution < -0.4 is 11.1 Å². The van der Waals surface area contributed by atoms with Crippen molar-refractivity contribution in [2.24, 2.45) is 29.4 Å². The van der Waals surface area contributed by atoms with Crippen molar-refractivity contribution in [3.8, 4) is 22.6 Å². The third kappa shape index (κ3) is 16.1. The van der Waals surface area contributed by atoms with E-state index in [1.165, 1.54) is 122 Å². The number of nitrogens with two attached hydrogens (primary N) is 1. The molecule has 64 heavy (non-hydrogen) atoms. The molecule has 4 aromatic rings. The van der Waals surface area contributed by atoms with Crippen LogP contribution in [0.1, 0.15) is 112 Å². The number of carboxylic acid groups (broad SMARTS) is 1. The van der Waals surface area contributed by atoms with E-state index in [0.29, 0.717) is 35.0 Å². The van der Waals surface area contributed by atoms with Crippen molar-refractivity contribution in [3.05, 3.63) is 84.8 Å². The molecule has 2 aromatic heterocycles. The Morgan fingerprint density at radius 2 is 1.17 bits per heavy atom. The molecule has 4 aliphatic rings. The van der Waals surface area contributed by atoms with Crippen LogP contribution in [0.25, 0.3) is 22.6 Å². The molecule has 2 unspecified atom stereocenters.